The molecule has 1 unspecified atom stereocenters. The lowest BCUT2D eigenvalue weighted by atomic mass is 9.90. The lowest BCUT2D eigenvalue weighted by molar-refractivity contribution is -0.118. The molecule has 1 amide bonds. The number of para-hydroxylation sites is 1. The Morgan fingerprint density at radius 1 is 1.22 bits per heavy atom. The lowest BCUT2D eigenvalue weighted by Crippen LogP contribution is -2.41. The zero-order valence-electron chi connectivity index (χ0n) is 13.1. The molecule has 1 aliphatic rings. The highest BCUT2D eigenvalue weighted by atomic mass is 16.3. The Labute approximate surface area is 136 Å². The van der Waals surface area contributed by atoms with E-state index in [1.165, 1.54) is 5.56 Å². The van der Waals surface area contributed by atoms with E-state index in [9.17, 15) is 9.90 Å². The van der Waals surface area contributed by atoms with Crippen molar-refractivity contribution in [1.82, 2.24) is 0 Å². The number of nitrogens with zero attached hydrogens (tertiary/aromatic N) is 1. The number of rotatable bonds is 4. The highest BCUT2D eigenvalue weighted by Gasteiger charge is 2.27. The van der Waals surface area contributed by atoms with Gasteiger partial charge in [0.2, 0.25) is 5.91 Å². The van der Waals surface area contributed by atoms with E-state index in [0.717, 1.165) is 24.1 Å². The first-order chi connectivity index (χ1) is 11.2. The van der Waals surface area contributed by atoms with Crippen LogP contribution in [0.3, 0.4) is 0 Å². The first kappa shape index (κ1) is 15.6. The molecule has 2 aromatic rings. The summed E-state index contributed by atoms with van der Waals surface area (Å²) in [5.74, 6) is 0.656. The molecule has 0 fully saturated rings. The standard InChI is InChI=1S/C19H22N2O2/c20-9-8-15-10-16-5-1-2-7-18(16)21(13-15)19(23)12-14-4-3-6-17(22)11-14/h1-7,11,15,22H,8-10,12-13,20H2. The van der Waals surface area contributed by atoms with Crippen LogP contribution in [0, 0.1) is 5.92 Å². The number of amides is 1. The van der Waals surface area contributed by atoms with Gasteiger partial charge < -0.3 is 15.7 Å². The zero-order valence-corrected chi connectivity index (χ0v) is 13.1. The smallest absolute Gasteiger partial charge is 0.231 e. The van der Waals surface area contributed by atoms with Gasteiger partial charge in [-0.3, -0.25) is 4.79 Å². The van der Waals surface area contributed by atoms with Crippen molar-refractivity contribution in [2.24, 2.45) is 11.7 Å². The SMILES string of the molecule is NCCC1Cc2ccccc2N(C(=O)Cc2cccc(O)c2)C1. The second-order valence-corrected chi connectivity index (χ2v) is 6.13. The highest BCUT2D eigenvalue weighted by Crippen LogP contribution is 2.31. The summed E-state index contributed by atoms with van der Waals surface area (Å²) in [6.45, 7) is 1.35. The van der Waals surface area contributed by atoms with Crippen LogP contribution in [-0.2, 0) is 17.6 Å². The van der Waals surface area contributed by atoms with Crippen LogP contribution in [0.2, 0.25) is 0 Å². The van der Waals surface area contributed by atoms with Gasteiger partial charge in [0.05, 0.1) is 6.42 Å². The molecule has 0 radical (unpaired) electrons. The van der Waals surface area contributed by atoms with Crippen molar-refractivity contribution in [3.05, 3.63) is 59.7 Å². The number of anilines is 1. The number of phenols is 1. The minimum absolute atomic E-state index is 0.0600. The van der Waals surface area contributed by atoms with Gasteiger partial charge in [-0.25, -0.2) is 0 Å². The summed E-state index contributed by atoms with van der Waals surface area (Å²) in [4.78, 5) is 14.7. The van der Waals surface area contributed by atoms with Crippen molar-refractivity contribution >= 4 is 11.6 Å². The minimum Gasteiger partial charge on any atom is -0.508 e. The van der Waals surface area contributed by atoms with Gasteiger partial charge in [-0.15, -0.1) is 0 Å². The number of hydrogen-bond acceptors (Lipinski definition) is 3. The Balaban J connectivity index is 1.83. The molecule has 0 bridgehead atoms. The van der Waals surface area contributed by atoms with E-state index >= 15 is 0 Å². The predicted molar refractivity (Wildman–Crippen MR) is 91.5 cm³/mol. The molecule has 0 saturated heterocycles. The van der Waals surface area contributed by atoms with Gasteiger partial charge in [0, 0.05) is 12.2 Å². The summed E-state index contributed by atoms with van der Waals surface area (Å²) >= 11 is 0. The molecule has 23 heavy (non-hydrogen) atoms. The third-order valence-electron chi connectivity index (χ3n) is 4.37. The predicted octanol–water partition coefficient (Wildman–Crippen LogP) is 2.49. The van der Waals surface area contributed by atoms with Gasteiger partial charge in [0.25, 0.3) is 0 Å². The Kier molecular flexibility index (Phi) is 4.63. The third-order valence-corrected chi connectivity index (χ3v) is 4.37. The number of carbonyl (C=O) groups excluding carboxylic acids is 1. The summed E-state index contributed by atoms with van der Waals surface area (Å²) in [7, 11) is 0. The molecule has 1 aliphatic heterocycles. The van der Waals surface area contributed by atoms with Gasteiger partial charge in [-0.05, 0) is 54.6 Å². The van der Waals surface area contributed by atoms with Crippen LogP contribution in [0.4, 0.5) is 5.69 Å². The fourth-order valence-electron chi connectivity index (χ4n) is 3.28. The van der Waals surface area contributed by atoms with E-state index in [1.807, 2.05) is 29.2 Å². The Bertz CT molecular complexity index is 699. The number of benzene rings is 2. The van der Waals surface area contributed by atoms with Crippen LogP contribution >= 0.6 is 0 Å². The van der Waals surface area contributed by atoms with E-state index in [1.54, 1.807) is 18.2 Å². The van der Waals surface area contributed by atoms with Crippen molar-refractivity contribution in [2.45, 2.75) is 19.3 Å². The van der Waals surface area contributed by atoms with Crippen LogP contribution in [0.5, 0.6) is 5.75 Å². The van der Waals surface area contributed by atoms with E-state index in [2.05, 4.69) is 6.07 Å². The molecule has 1 heterocycles. The van der Waals surface area contributed by atoms with E-state index in [-0.39, 0.29) is 18.1 Å². The second kappa shape index (κ2) is 6.84. The maximum atomic E-state index is 12.8. The van der Waals surface area contributed by atoms with Crippen molar-refractivity contribution in [2.75, 3.05) is 18.0 Å². The molecule has 1 atom stereocenters. The van der Waals surface area contributed by atoms with Crippen molar-refractivity contribution in [3.63, 3.8) is 0 Å². The molecule has 3 rings (SSSR count). The topological polar surface area (TPSA) is 66.6 Å². The number of nitrogens with two attached hydrogens (primary N) is 1. The van der Waals surface area contributed by atoms with E-state index in [4.69, 9.17) is 5.73 Å². The van der Waals surface area contributed by atoms with Gasteiger partial charge in [0.1, 0.15) is 5.75 Å². The molecule has 2 aromatic carbocycles. The normalized spacial score (nSPS) is 16.9. The molecule has 4 heteroatoms. The molecule has 0 aromatic heterocycles. The fourth-order valence-corrected chi connectivity index (χ4v) is 3.28. The second-order valence-electron chi connectivity index (χ2n) is 6.13. The summed E-state index contributed by atoms with van der Waals surface area (Å²) in [6, 6.07) is 15.0. The van der Waals surface area contributed by atoms with E-state index < -0.39 is 0 Å². The molecular formula is C19H22N2O2. The number of phenolic OH excluding ortho intramolecular Hbond substituents is 1. The number of hydrogen-bond donors (Lipinski definition) is 2. The van der Waals surface area contributed by atoms with Crippen molar-refractivity contribution in [3.8, 4) is 5.75 Å². The molecule has 3 N–H and O–H groups in total. The lowest BCUT2D eigenvalue weighted by Gasteiger charge is -2.34. The highest BCUT2D eigenvalue weighted by molar-refractivity contribution is 5.96. The van der Waals surface area contributed by atoms with Crippen molar-refractivity contribution < 1.29 is 9.90 Å². The van der Waals surface area contributed by atoms with Crippen LogP contribution < -0.4 is 10.6 Å². The first-order valence-corrected chi connectivity index (χ1v) is 8.03. The molecule has 0 spiro atoms. The summed E-state index contributed by atoms with van der Waals surface area (Å²) in [6.07, 6.45) is 2.19. The fraction of sp³-hybridized carbons (Fsp3) is 0.316. The summed E-state index contributed by atoms with van der Waals surface area (Å²) in [5, 5.41) is 9.57. The van der Waals surface area contributed by atoms with Gasteiger partial charge in [0.15, 0.2) is 0 Å². The Morgan fingerprint density at radius 2 is 2.04 bits per heavy atom. The quantitative estimate of drug-likeness (QED) is 0.912. The van der Waals surface area contributed by atoms with Crippen LogP contribution in [-0.4, -0.2) is 24.1 Å². The average molecular weight is 310 g/mol. The molecule has 4 nitrogen and oxygen atoms in total. The van der Waals surface area contributed by atoms with Crippen LogP contribution in [0.25, 0.3) is 0 Å². The van der Waals surface area contributed by atoms with Gasteiger partial charge in [-0.2, -0.15) is 0 Å². The first-order valence-electron chi connectivity index (χ1n) is 8.03. The molecule has 0 saturated carbocycles. The Morgan fingerprint density at radius 3 is 2.83 bits per heavy atom. The number of aromatic hydroxyl groups is 1. The number of carbonyl (C=O) groups is 1. The molecular weight excluding hydrogens is 288 g/mol. The third kappa shape index (κ3) is 3.54. The van der Waals surface area contributed by atoms with E-state index in [0.29, 0.717) is 19.0 Å². The van der Waals surface area contributed by atoms with Crippen LogP contribution in [0.15, 0.2) is 48.5 Å². The van der Waals surface area contributed by atoms with Crippen LogP contribution in [0.1, 0.15) is 17.5 Å². The average Bonchev–Trinajstić information content (AvgIpc) is 2.54. The summed E-state index contributed by atoms with van der Waals surface area (Å²) in [5.41, 5.74) is 8.75. The zero-order chi connectivity index (χ0) is 16.2. The number of fused-ring (bicyclic) bond motifs is 1. The summed E-state index contributed by atoms with van der Waals surface area (Å²) < 4.78 is 0. The monoisotopic (exact) mass is 310 g/mol. The maximum Gasteiger partial charge on any atom is 0.231 e. The minimum atomic E-state index is 0.0600. The van der Waals surface area contributed by atoms with Gasteiger partial charge >= 0.3 is 0 Å². The van der Waals surface area contributed by atoms with Gasteiger partial charge in [-0.1, -0.05) is 30.3 Å². The Hall–Kier alpha value is -2.33. The molecule has 0 aliphatic carbocycles. The van der Waals surface area contributed by atoms with Crippen molar-refractivity contribution in [1.29, 1.82) is 0 Å². The maximum absolute atomic E-state index is 12.8. The largest absolute Gasteiger partial charge is 0.508 e. The molecule has 120 valence electrons.